The largest absolute Gasteiger partial charge is 0.422 e. The molecule has 0 bridgehead atoms. The summed E-state index contributed by atoms with van der Waals surface area (Å²) in [6, 6.07) is 16.6. The number of halogens is 1. The van der Waals surface area contributed by atoms with Crippen LogP contribution in [0.4, 0.5) is 10.5 Å². The summed E-state index contributed by atoms with van der Waals surface area (Å²) < 4.78 is 0.0449. The lowest BCUT2D eigenvalue weighted by molar-refractivity contribution is 0.197. The van der Waals surface area contributed by atoms with Crippen molar-refractivity contribution < 1.29 is 4.79 Å². The molecule has 3 atom stereocenters. The van der Waals surface area contributed by atoms with Gasteiger partial charge in [0.2, 0.25) is 0 Å². The summed E-state index contributed by atoms with van der Waals surface area (Å²) in [5, 5.41) is 12.9. The van der Waals surface area contributed by atoms with Crippen LogP contribution in [0.5, 0.6) is 0 Å². The molecule has 1 aliphatic rings. The highest BCUT2D eigenvalue weighted by Gasteiger charge is 2.57. The van der Waals surface area contributed by atoms with Crippen LogP contribution in [-0.4, -0.2) is 28.1 Å². The predicted octanol–water partition coefficient (Wildman–Crippen LogP) is 4.56. The molecule has 1 aromatic heterocycles. The third-order valence-electron chi connectivity index (χ3n) is 5.94. The van der Waals surface area contributed by atoms with Crippen LogP contribution in [0.2, 0.25) is 5.02 Å². The zero-order chi connectivity index (χ0) is 22.6. The van der Waals surface area contributed by atoms with E-state index in [9.17, 15) is 4.79 Å². The van der Waals surface area contributed by atoms with Gasteiger partial charge in [0.05, 0.1) is 24.1 Å². The van der Waals surface area contributed by atoms with Crippen molar-refractivity contribution in [1.82, 2.24) is 19.8 Å². The van der Waals surface area contributed by atoms with Gasteiger partial charge in [-0.05, 0) is 31.2 Å². The number of carbonyl (C=O) groups excluding carboxylic acids is 1. The number of nitrogens with one attached hydrogen (secondary N) is 2. The summed E-state index contributed by atoms with van der Waals surface area (Å²) >= 11 is 6.37. The maximum atomic E-state index is 13.7. The van der Waals surface area contributed by atoms with Crippen LogP contribution < -0.4 is 9.80 Å². The van der Waals surface area contributed by atoms with Gasteiger partial charge in [0.15, 0.2) is 0 Å². The smallest absolute Gasteiger partial charge is 0.348 e. The highest BCUT2D eigenvalue weighted by atomic mass is 35.5. The Morgan fingerprint density at radius 1 is 1.22 bits per heavy atom. The Balaban J connectivity index is 1.86. The first-order valence-electron chi connectivity index (χ1n) is 10.4. The summed E-state index contributed by atoms with van der Waals surface area (Å²) in [4.78, 5) is 21.3. The van der Waals surface area contributed by atoms with Crippen LogP contribution >= 0.6 is 11.6 Å². The van der Waals surface area contributed by atoms with Crippen LogP contribution in [0.3, 0.4) is 0 Å². The first-order chi connectivity index (χ1) is 15.6. The van der Waals surface area contributed by atoms with Crippen molar-refractivity contribution >= 4 is 23.3 Å². The fourth-order valence-corrected chi connectivity index (χ4v) is 4.60. The van der Waals surface area contributed by atoms with E-state index in [4.69, 9.17) is 16.9 Å². The molecule has 0 spiro atoms. The van der Waals surface area contributed by atoms with E-state index >= 15 is 0 Å². The Bertz CT molecular complexity index is 1200. The van der Waals surface area contributed by atoms with Crippen molar-refractivity contribution in [3.05, 3.63) is 82.9 Å². The number of aromatic amines is 1. The number of nitrogens with zero attached hydrogens (tertiary/aromatic N) is 3. The predicted molar refractivity (Wildman–Crippen MR) is 125 cm³/mol. The molecule has 2 amide bonds. The number of hydrogen-bond acceptors (Lipinski definition) is 3. The standard InChI is InChI=1S/C25H22ClN5O/c1-2-3-7-22-23(15-24-28-12-13-29-24)31(25(32)30-22,21-6-4-5-20(26)14-21)17-19-10-8-18(16-27)9-11-19/h4-6,8-14,22-23H,7,15,17H2,1H3,(H-,28,29,30,32)/p+1. The van der Waals surface area contributed by atoms with E-state index in [2.05, 4.69) is 33.2 Å². The molecule has 0 aliphatic carbocycles. The van der Waals surface area contributed by atoms with Crippen LogP contribution in [-0.2, 0) is 13.0 Å². The Morgan fingerprint density at radius 2 is 2.03 bits per heavy atom. The number of amides is 2. The number of hydrogen-bond donors (Lipinski definition) is 2. The van der Waals surface area contributed by atoms with Gasteiger partial charge in [0.25, 0.3) is 0 Å². The quantitative estimate of drug-likeness (QED) is 0.432. The molecular formula is C25H23ClN5O+. The molecule has 1 saturated heterocycles. The van der Waals surface area contributed by atoms with Crippen LogP contribution in [0, 0.1) is 23.2 Å². The number of nitriles is 1. The average molecular weight is 445 g/mol. The van der Waals surface area contributed by atoms with E-state index in [0.29, 0.717) is 30.0 Å². The molecular weight excluding hydrogens is 422 g/mol. The van der Waals surface area contributed by atoms with Gasteiger partial charge >= 0.3 is 6.03 Å². The van der Waals surface area contributed by atoms with E-state index in [1.165, 1.54) is 0 Å². The van der Waals surface area contributed by atoms with Gasteiger partial charge in [0, 0.05) is 35.5 Å². The minimum absolute atomic E-state index is 0.0449. The van der Waals surface area contributed by atoms with Gasteiger partial charge in [-0.15, -0.1) is 11.8 Å². The molecule has 1 fully saturated rings. The number of carbonyl (C=O) groups is 1. The van der Waals surface area contributed by atoms with Crippen LogP contribution in [0.25, 0.3) is 0 Å². The van der Waals surface area contributed by atoms with Crippen molar-refractivity contribution in [2.45, 2.75) is 38.4 Å². The van der Waals surface area contributed by atoms with E-state index in [0.717, 1.165) is 17.1 Å². The fraction of sp³-hybridized carbons (Fsp3) is 0.240. The van der Waals surface area contributed by atoms with E-state index in [1.807, 2.05) is 30.3 Å². The lowest BCUT2D eigenvalue weighted by Gasteiger charge is -2.36. The second kappa shape index (κ2) is 9.28. The van der Waals surface area contributed by atoms with E-state index in [-0.39, 0.29) is 22.6 Å². The number of imidazole rings is 1. The van der Waals surface area contributed by atoms with Gasteiger partial charge in [-0.2, -0.15) is 9.74 Å². The molecule has 3 unspecified atom stereocenters. The van der Waals surface area contributed by atoms with Gasteiger partial charge < -0.3 is 4.98 Å². The Hall–Kier alpha value is -3.58. The van der Waals surface area contributed by atoms with Crippen molar-refractivity contribution in [2.75, 3.05) is 0 Å². The number of aromatic nitrogens is 2. The maximum Gasteiger partial charge on any atom is 0.422 e. The molecule has 2 heterocycles. The first-order valence-corrected chi connectivity index (χ1v) is 10.8. The number of quaternary nitrogens is 1. The van der Waals surface area contributed by atoms with Crippen LogP contribution in [0.15, 0.2) is 60.9 Å². The first kappa shape index (κ1) is 21.6. The average Bonchev–Trinajstić information content (AvgIpc) is 3.41. The molecule has 160 valence electrons. The second-order valence-corrected chi connectivity index (χ2v) is 8.25. The molecule has 4 rings (SSSR count). The van der Waals surface area contributed by atoms with Crippen molar-refractivity contribution in [3.63, 3.8) is 0 Å². The number of rotatable bonds is 6. The minimum Gasteiger partial charge on any atom is -0.348 e. The van der Waals surface area contributed by atoms with Crippen molar-refractivity contribution in [1.29, 1.82) is 5.26 Å². The Labute approximate surface area is 192 Å². The summed E-state index contributed by atoms with van der Waals surface area (Å²) in [6.45, 7) is 2.22. The molecule has 6 nitrogen and oxygen atoms in total. The monoisotopic (exact) mass is 444 g/mol. The third-order valence-corrected chi connectivity index (χ3v) is 6.18. The van der Waals surface area contributed by atoms with E-state index in [1.54, 1.807) is 37.5 Å². The molecule has 32 heavy (non-hydrogen) atoms. The molecule has 2 aromatic carbocycles. The zero-order valence-electron chi connectivity index (χ0n) is 17.7. The molecule has 0 radical (unpaired) electrons. The van der Waals surface area contributed by atoms with Crippen molar-refractivity contribution in [2.24, 2.45) is 0 Å². The molecule has 1 aliphatic heterocycles. The Morgan fingerprint density at radius 3 is 2.69 bits per heavy atom. The fourth-order valence-electron chi connectivity index (χ4n) is 4.42. The maximum absolute atomic E-state index is 13.7. The van der Waals surface area contributed by atoms with Crippen LogP contribution in [0.1, 0.15) is 30.3 Å². The molecule has 2 N–H and O–H groups in total. The van der Waals surface area contributed by atoms with Gasteiger partial charge in [0.1, 0.15) is 24.1 Å². The topological polar surface area (TPSA) is 81.6 Å². The summed E-state index contributed by atoms with van der Waals surface area (Å²) in [5.41, 5.74) is 2.34. The van der Waals surface area contributed by atoms with E-state index < -0.39 is 0 Å². The molecule has 0 saturated carbocycles. The SMILES string of the molecule is CC#CCC1NC(=O)[N+](Cc2ccc(C#N)cc2)(c2cccc(Cl)c2)C1Cc1ncc[nH]1. The van der Waals surface area contributed by atoms with Crippen molar-refractivity contribution in [3.8, 4) is 17.9 Å². The second-order valence-electron chi connectivity index (χ2n) is 7.81. The lowest BCUT2D eigenvalue weighted by atomic mass is 9.97. The minimum atomic E-state index is -0.163. The third kappa shape index (κ3) is 4.11. The van der Waals surface area contributed by atoms with Gasteiger partial charge in [-0.1, -0.05) is 29.8 Å². The molecule has 3 aromatic rings. The molecule has 7 heteroatoms. The summed E-state index contributed by atoms with van der Waals surface area (Å²) in [7, 11) is 0. The highest BCUT2D eigenvalue weighted by Crippen LogP contribution is 2.38. The van der Waals surface area contributed by atoms with Gasteiger partial charge in [-0.3, -0.25) is 5.32 Å². The summed E-state index contributed by atoms with van der Waals surface area (Å²) in [6.07, 6.45) is 4.61. The number of urea groups is 1. The zero-order valence-corrected chi connectivity index (χ0v) is 18.4. The number of H-pyrrole nitrogens is 1. The Kier molecular flexibility index (Phi) is 6.28. The number of benzene rings is 2. The van der Waals surface area contributed by atoms with Gasteiger partial charge in [-0.25, -0.2) is 9.78 Å². The highest BCUT2D eigenvalue weighted by molar-refractivity contribution is 6.30. The lowest BCUT2D eigenvalue weighted by Crippen LogP contribution is -2.58. The summed E-state index contributed by atoms with van der Waals surface area (Å²) in [5.74, 6) is 6.89. The normalized spacial score (nSPS) is 22.0.